The van der Waals surface area contributed by atoms with Crippen molar-refractivity contribution in [3.8, 4) is 0 Å². The lowest BCUT2D eigenvalue weighted by Crippen LogP contribution is -2.18. The number of rotatable bonds is 6. The Hall–Kier alpha value is -1.55. The Bertz CT molecular complexity index is 441. The van der Waals surface area contributed by atoms with Gasteiger partial charge in [-0.05, 0) is 49.9 Å². The molecule has 1 heterocycles. The van der Waals surface area contributed by atoms with E-state index < -0.39 is 0 Å². The standard InChI is InChI=1S/C16H25N3O/c1-13(12-17)7-8-16(20)18-14-5-4-6-15(11-14)19-9-2-3-10-19/h4-6,11,13H,2-3,7-10,12,17H2,1H3,(H,18,20). The van der Waals surface area contributed by atoms with E-state index in [4.69, 9.17) is 5.73 Å². The number of nitrogens with zero attached hydrogens (tertiary/aromatic N) is 1. The van der Waals surface area contributed by atoms with Crippen molar-refractivity contribution in [1.82, 2.24) is 0 Å². The summed E-state index contributed by atoms with van der Waals surface area (Å²) in [7, 11) is 0. The number of benzene rings is 1. The Labute approximate surface area is 121 Å². The van der Waals surface area contributed by atoms with Gasteiger partial charge in [0, 0.05) is 30.9 Å². The molecule has 110 valence electrons. The highest BCUT2D eigenvalue weighted by atomic mass is 16.1. The van der Waals surface area contributed by atoms with E-state index in [9.17, 15) is 4.79 Å². The van der Waals surface area contributed by atoms with Crippen molar-refractivity contribution in [2.45, 2.75) is 32.6 Å². The van der Waals surface area contributed by atoms with Crippen LogP contribution in [0.15, 0.2) is 24.3 Å². The predicted octanol–water partition coefficient (Wildman–Crippen LogP) is 2.60. The van der Waals surface area contributed by atoms with Crippen LogP contribution in [0, 0.1) is 5.92 Å². The topological polar surface area (TPSA) is 58.4 Å². The SMILES string of the molecule is CC(CN)CCC(=O)Nc1cccc(N2CCCC2)c1. The van der Waals surface area contributed by atoms with E-state index in [0.717, 1.165) is 25.2 Å². The molecular weight excluding hydrogens is 250 g/mol. The Kier molecular flexibility index (Phi) is 5.41. The summed E-state index contributed by atoms with van der Waals surface area (Å²) in [5.41, 5.74) is 7.66. The number of hydrogen-bond donors (Lipinski definition) is 2. The van der Waals surface area contributed by atoms with Gasteiger partial charge in [-0.2, -0.15) is 0 Å². The summed E-state index contributed by atoms with van der Waals surface area (Å²) in [5, 5.41) is 2.98. The molecule has 4 heteroatoms. The first-order valence-corrected chi connectivity index (χ1v) is 7.54. The molecule has 0 saturated carbocycles. The normalized spacial score (nSPS) is 16.2. The highest BCUT2D eigenvalue weighted by Gasteiger charge is 2.13. The molecule has 4 nitrogen and oxygen atoms in total. The van der Waals surface area contributed by atoms with Gasteiger partial charge in [-0.25, -0.2) is 0 Å². The largest absolute Gasteiger partial charge is 0.371 e. The third kappa shape index (κ3) is 4.23. The second-order valence-corrected chi connectivity index (χ2v) is 5.67. The van der Waals surface area contributed by atoms with Crippen LogP contribution in [-0.4, -0.2) is 25.5 Å². The summed E-state index contributed by atoms with van der Waals surface area (Å²) < 4.78 is 0. The Balaban J connectivity index is 1.89. The van der Waals surface area contributed by atoms with E-state index in [1.807, 2.05) is 12.1 Å². The van der Waals surface area contributed by atoms with E-state index in [1.165, 1.54) is 18.5 Å². The fourth-order valence-electron chi connectivity index (χ4n) is 2.47. The van der Waals surface area contributed by atoms with E-state index in [1.54, 1.807) is 0 Å². The van der Waals surface area contributed by atoms with Crippen LogP contribution in [0.4, 0.5) is 11.4 Å². The molecule has 1 aromatic carbocycles. The minimum absolute atomic E-state index is 0.0730. The van der Waals surface area contributed by atoms with Gasteiger partial charge in [0.15, 0.2) is 0 Å². The molecule has 1 atom stereocenters. The summed E-state index contributed by atoms with van der Waals surface area (Å²) in [6.45, 7) is 4.94. The lowest BCUT2D eigenvalue weighted by molar-refractivity contribution is -0.116. The van der Waals surface area contributed by atoms with Crippen LogP contribution in [0.1, 0.15) is 32.6 Å². The highest BCUT2D eigenvalue weighted by molar-refractivity contribution is 5.91. The number of nitrogens with two attached hydrogens (primary N) is 1. The monoisotopic (exact) mass is 275 g/mol. The van der Waals surface area contributed by atoms with Crippen molar-refractivity contribution >= 4 is 17.3 Å². The van der Waals surface area contributed by atoms with Crippen molar-refractivity contribution in [2.24, 2.45) is 11.7 Å². The minimum atomic E-state index is 0.0730. The molecule has 0 radical (unpaired) electrons. The van der Waals surface area contributed by atoms with E-state index in [-0.39, 0.29) is 5.91 Å². The van der Waals surface area contributed by atoms with Crippen molar-refractivity contribution in [1.29, 1.82) is 0 Å². The zero-order valence-electron chi connectivity index (χ0n) is 12.3. The van der Waals surface area contributed by atoms with Gasteiger partial charge in [-0.3, -0.25) is 4.79 Å². The van der Waals surface area contributed by atoms with Gasteiger partial charge < -0.3 is 16.0 Å². The third-order valence-corrected chi connectivity index (χ3v) is 3.87. The van der Waals surface area contributed by atoms with Crippen molar-refractivity contribution in [3.05, 3.63) is 24.3 Å². The molecule has 0 aliphatic carbocycles. The van der Waals surface area contributed by atoms with E-state index in [2.05, 4.69) is 29.3 Å². The van der Waals surface area contributed by atoms with Crippen LogP contribution in [-0.2, 0) is 4.79 Å². The molecule has 0 aromatic heterocycles. The molecule has 0 spiro atoms. The second-order valence-electron chi connectivity index (χ2n) is 5.67. The van der Waals surface area contributed by atoms with Crippen LogP contribution >= 0.6 is 0 Å². The van der Waals surface area contributed by atoms with Crippen LogP contribution in [0.3, 0.4) is 0 Å². The molecule has 1 aliphatic heterocycles. The molecule has 0 bridgehead atoms. The number of nitrogens with one attached hydrogen (secondary N) is 1. The summed E-state index contributed by atoms with van der Waals surface area (Å²) in [6.07, 6.45) is 3.89. The molecule has 20 heavy (non-hydrogen) atoms. The Morgan fingerprint density at radius 3 is 2.85 bits per heavy atom. The number of carbonyl (C=O) groups is 1. The lowest BCUT2D eigenvalue weighted by atomic mass is 10.1. The molecular formula is C16H25N3O. The first-order chi connectivity index (χ1) is 9.69. The fraction of sp³-hybridized carbons (Fsp3) is 0.562. The van der Waals surface area contributed by atoms with Gasteiger partial charge in [-0.15, -0.1) is 0 Å². The van der Waals surface area contributed by atoms with Crippen LogP contribution in [0.2, 0.25) is 0 Å². The highest BCUT2D eigenvalue weighted by Crippen LogP contribution is 2.23. The van der Waals surface area contributed by atoms with Crippen LogP contribution in [0.25, 0.3) is 0 Å². The van der Waals surface area contributed by atoms with Gasteiger partial charge >= 0.3 is 0 Å². The molecule has 2 rings (SSSR count). The number of amides is 1. The average Bonchev–Trinajstić information content (AvgIpc) is 2.99. The molecule has 1 aliphatic rings. The number of carbonyl (C=O) groups excluding carboxylic acids is 1. The molecule has 1 fully saturated rings. The van der Waals surface area contributed by atoms with Gasteiger partial charge in [-0.1, -0.05) is 13.0 Å². The van der Waals surface area contributed by atoms with Gasteiger partial charge in [0.2, 0.25) is 5.91 Å². The molecule has 1 aromatic rings. The van der Waals surface area contributed by atoms with Crippen molar-refractivity contribution in [2.75, 3.05) is 29.9 Å². The van der Waals surface area contributed by atoms with Crippen LogP contribution in [0.5, 0.6) is 0 Å². The third-order valence-electron chi connectivity index (χ3n) is 3.87. The van der Waals surface area contributed by atoms with E-state index in [0.29, 0.717) is 18.9 Å². The second kappa shape index (κ2) is 7.29. The fourth-order valence-corrected chi connectivity index (χ4v) is 2.47. The Morgan fingerprint density at radius 2 is 2.15 bits per heavy atom. The zero-order chi connectivity index (χ0) is 14.4. The average molecular weight is 275 g/mol. The van der Waals surface area contributed by atoms with Crippen LogP contribution < -0.4 is 16.0 Å². The molecule has 1 saturated heterocycles. The summed E-state index contributed by atoms with van der Waals surface area (Å²) >= 11 is 0. The van der Waals surface area contributed by atoms with Gasteiger partial charge in [0.05, 0.1) is 0 Å². The number of hydrogen-bond acceptors (Lipinski definition) is 3. The van der Waals surface area contributed by atoms with Crippen molar-refractivity contribution in [3.63, 3.8) is 0 Å². The lowest BCUT2D eigenvalue weighted by Gasteiger charge is -2.18. The van der Waals surface area contributed by atoms with Crippen molar-refractivity contribution < 1.29 is 4.79 Å². The first-order valence-electron chi connectivity index (χ1n) is 7.54. The molecule has 3 N–H and O–H groups in total. The van der Waals surface area contributed by atoms with Gasteiger partial charge in [0.25, 0.3) is 0 Å². The van der Waals surface area contributed by atoms with Gasteiger partial charge in [0.1, 0.15) is 0 Å². The maximum absolute atomic E-state index is 11.9. The first kappa shape index (κ1) is 14.9. The number of anilines is 2. The molecule has 1 unspecified atom stereocenters. The summed E-state index contributed by atoms with van der Waals surface area (Å²) in [5.74, 6) is 0.473. The minimum Gasteiger partial charge on any atom is -0.371 e. The maximum Gasteiger partial charge on any atom is 0.224 e. The molecule has 1 amide bonds. The predicted molar refractivity (Wildman–Crippen MR) is 84.0 cm³/mol. The summed E-state index contributed by atoms with van der Waals surface area (Å²) in [4.78, 5) is 14.3. The quantitative estimate of drug-likeness (QED) is 0.839. The maximum atomic E-state index is 11.9. The zero-order valence-corrected chi connectivity index (χ0v) is 12.3. The van der Waals surface area contributed by atoms with E-state index >= 15 is 0 Å². The Morgan fingerprint density at radius 1 is 1.40 bits per heavy atom. The smallest absolute Gasteiger partial charge is 0.224 e. The summed E-state index contributed by atoms with van der Waals surface area (Å²) in [6, 6.07) is 8.13.